The van der Waals surface area contributed by atoms with Crippen LogP contribution in [-0.4, -0.2) is 53.1 Å². The van der Waals surface area contributed by atoms with E-state index in [2.05, 4.69) is 21.1 Å². The maximum atomic E-state index is 15.6. The molecule has 1 aromatic carbocycles. The van der Waals surface area contributed by atoms with E-state index >= 15 is 4.39 Å². The van der Waals surface area contributed by atoms with Crippen LogP contribution in [0, 0.1) is 23.7 Å². The van der Waals surface area contributed by atoms with Crippen molar-refractivity contribution in [1.29, 1.82) is 5.26 Å². The van der Waals surface area contributed by atoms with Crippen molar-refractivity contribution in [2.75, 3.05) is 25.5 Å². The van der Waals surface area contributed by atoms with E-state index in [4.69, 9.17) is 12.2 Å². The van der Waals surface area contributed by atoms with Gasteiger partial charge in [-0.15, -0.1) is 6.42 Å². The third kappa shape index (κ3) is 4.56. The zero-order valence-corrected chi connectivity index (χ0v) is 17.5. The number of piperidine rings is 1. The number of nitrogens with two attached hydrogens (primary N) is 1. The summed E-state index contributed by atoms with van der Waals surface area (Å²) in [5.41, 5.74) is 5.74. The Morgan fingerprint density at radius 3 is 2.72 bits per heavy atom. The molecule has 0 bridgehead atoms. The van der Waals surface area contributed by atoms with Crippen LogP contribution in [0.15, 0.2) is 30.5 Å². The van der Waals surface area contributed by atoms with Crippen LogP contribution in [0.2, 0.25) is 0 Å². The standard InChI is InChI=1S/C22H23FN6O3/c1-3-15-4-6-16(7-5-15)12-28-11-9-22(8-10-24,18(23)14-28)29-13-17(19(25)30)20(27-29)26-21(31)32-2/h1,4-7,13,18H,8-9,11-12,14H2,2H3,(H2,25,30)(H,26,27,31). The van der Waals surface area contributed by atoms with Crippen molar-refractivity contribution in [3.63, 3.8) is 0 Å². The van der Waals surface area contributed by atoms with Crippen molar-refractivity contribution in [2.24, 2.45) is 5.73 Å². The number of primary amides is 1. The fourth-order valence-electron chi connectivity index (χ4n) is 3.80. The molecular weight excluding hydrogens is 415 g/mol. The minimum Gasteiger partial charge on any atom is -0.453 e. The Balaban J connectivity index is 1.85. The molecule has 9 nitrogen and oxygen atoms in total. The maximum absolute atomic E-state index is 15.6. The van der Waals surface area contributed by atoms with Crippen molar-refractivity contribution in [3.8, 4) is 18.4 Å². The van der Waals surface area contributed by atoms with Crippen LogP contribution in [0.3, 0.4) is 0 Å². The topological polar surface area (TPSA) is 126 Å². The largest absolute Gasteiger partial charge is 0.453 e. The predicted octanol–water partition coefficient (Wildman–Crippen LogP) is 1.99. The summed E-state index contributed by atoms with van der Waals surface area (Å²) in [4.78, 5) is 25.4. The summed E-state index contributed by atoms with van der Waals surface area (Å²) in [6.45, 7) is 1.07. The molecule has 2 amide bonds. The number of alkyl halides is 1. The third-order valence-corrected chi connectivity index (χ3v) is 5.62. The monoisotopic (exact) mass is 438 g/mol. The predicted molar refractivity (Wildman–Crippen MR) is 114 cm³/mol. The van der Waals surface area contributed by atoms with Gasteiger partial charge in [-0.2, -0.15) is 10.4 Å². The highest BCUT2D eigenvalue weighted by molar-refractivity contribution is 6.00. The van der Waals surface area contributed by atoms with Gasteiger partial charge in [0, 0.05) is 31.4 Å². The molecule has 2 heterocycles. The number of aromatic nitrogens is 2. The highest BCUT2D eigenvalue weighted by atomic mass is 19.1. The SMILES string of the molecule is C#Cc1ccc(CN2CCC(CC#N)(n3cc(C(N)=O)c(NC(=O)OC)n3)C(F)C2)cc1. The van der Waals surface area contributed by atoms with Gasteiger partial charge >= 0.3 is 6.09 Å². The summed E-state index contributed by atoms with van der Waals surface area (Å²) in [6, 6.07) is 9.49. The molecule has 2 atom stereocenters. The Kier molecular flexibility index (Phi) is 6.76. The number of nitrogens with one attached hydrogen (secondary N) is 1. The molecule has 10 heteroatoms. The fourth-order valence-corrected chi connectivity index (χ4v) is 3.80. The molecule has 1 saturated heterocycles. The second-order valence-corrected chi connectivity index (χ2v) is 7.55. The quantitative estimate of drug-likeness (QED) is 0.665. The van der Waals surface area contributed by atoms with E-state index < -0.39 is 23.7 Å². The number of ether oxygens (including phenoxy) is 1. The maximum Gasteiger partial charge on any atom is 0.412 e. The Morgan fingerprint density at radius 1 is 1.44 bits per heavy atom. The number of carbonyl (C=O) groups excluding carboxylic acids is 2. The summed E-state index contributed by atoms with van der Waals surface area (Å²) >= 11 is 0. The molecule has 2 aromatic rings. The van der Waals surface area contributed by atoms with E-state index in [1.54, 1.807) is 0 Å². The second kappa shape index (κ2) is 9.50. The molecule has 166 valence electrons. The summed E-state index contributed by atoms with van der Waals surface area (Å²) in [6.07, 6.45) is 4.43. The highest BCUT2D eigenvalue weighted by Gasteiger charge is 2.46. The lowest BCUT2D eigenvalue weighted by Crippen LogP contribution is -2.54. The van der Waals surface area contributed by atoms with E-state index in [1.807, 2.05) is 35.2 Å². The number of carbonyl (C=O) groups is 2. The third-order valence-electron chi connectivity index (χ3n) is 5.62. The summed E-state index contributed by atoms with van der Waals surface area (Å²) in [5.74, 6) is 1.56. The van der Waals surface area contributed by atoms with Crippen LogP contribution in [-0.2, 0) is 16.8 Å². The fraction of sp³-hybridized carbons (Fsp3) is 0.364. The molecule has 32 heavy (non-hydrogen) atoms. The summed E-state index contributed by atoms with van der Waals surface area (Å²) < 4.78 is 21.4. The molecule has 1 aliphatic heterocycles. The number of rotatable bonds is 6. The normalized spacial score (nSPS) is 20.7. The average Bonchev–Trinajstić information content (AvgIpc) is 3.20. The van der Waals surface area contributed by atoms with Gasteiger partial charge in [0.2, 0.25) is 0 Å². The summed E-state index contributed by atoms with van der Waals surface area (Å²) in [7, 11) is 1.15. The van der Waals surface area contributed by atoms with Crippen LogP contribution in [0.25, 0.3) is 0 Å². The van der Waals surface area contributed by atoms with Gasteiger partial charge in [0.15, 0.2) is 5.82 Å². The van der Waals surface area contributed by atoms with E-state index in [1.165, 1.54) is 10.9 Å². The number of halogens is 1. The molecule has 0 spiro atoms. The van der Waals surface area contributed by atoms with Crippen molar-refractivity contribution in [1.82, 2.24) is 14.7 Å². The van der Waals surface area contributed by atoms with Gasteiger partial charge < -0.3 is 10.5 Å². The molecule has 1 aromatic heterocycles. The number of likely N-dealkylation sites (tertiary alicyclic amines) is 1. The minimum absolute atomic E-state index is 0.0596. The first-order chi connectivity index (χ1) is 15.3. The first-order valence-corrected chi connectivity index (χ1v) is 9.87. The first-order valence-electron chi connectivity index (χ1n) is 9.87. The van der Waals surface area contributed by atoms with Gasteiger partial charge in [-0.1, -0.05) is 18.1 Å². The van der Waals surface area contributed by atoms with Gasteiger partial charge in [-0.25, -0.2) is 9.18 Å². The van der Waals surface area contributed by atoms with E-state index in [0.717, 1.165) is 18.2 Å². The van der Waals surface area contributed by atoms with E-state index in [0.29, 0.717) is 13.1 Å². The Hall–Kier alpha value is -3.89. The Bertz CT molecular complexity index is 1080. The highest BCUT2D eigenvalue weighted by Crippen LogP contribution is 2.37. The number of amides is 2. The van der Waals surface area contributed by atoms with Crippen molar-refractivity contribution in [2.45, 2.75) is 31.1 Å². The smallest absolute Gasteiger partial charge is 0.412 e. The van der Waals surface area contributed by atoms with Gasteiger partial charge in [-0.3, -0.25) is 19.7 Å². The van der Waals surface area contributed by atoms with Crippen molar-refractivity contribution in [3.05, 3.63) is 47.2 Å². The second-order valence-electron chi connectivity index (χ2n) is 7.55. The molecule has 3 rings (SSSR count). The Morgan fingerprint density at radius 2 is 2.16 bits per heavy atom. The van der Waals surface area contributed by atoms with Gasteiger partial charge in [0.25, 0.3) is 5.91 Å². The van der Waals surface area contributed by atoms with Crippen LogP contribution in [0.4, 0.5) is 15.0 Å². The molecule has 3 N–H and O–H groups in total. The number of benzene rings is 1. The van der Waals surface area contributed by atoms with Crippen LogP contribution in [0.5, 0.6) is 0 Å². The van der Waals surface area contributed by atoms with Crippen LogP contribution < -0.4 is 11.1 Å². The molecule has 0 radical (unpaired) electrons. The lowest BCUT2D eigenvalue weighted by Gasteiger charge is -2.43. The molecular formula is C22H23FN6O3. The number of hydrogen-bond acceptors (Lipinski definition) is 6. The lowest BCUT2D eigenvalue weighted by molar-refractivity contribution is 0.00694. The molecule has 2 unspecified atom stereocenters. The van der Waals surface area contributed by atoms with Crippen molar-refractivity contribution < 1.29 is 18.7 Å². The van der Waals surface area contributed by atoms with E-state index in [9.17, 15) is 14.9 Å². The number of terminal acetylenes is 1. The zero-order valence-electron chi connectivity index (χ0n) is 17.5. The van der Waals surface area contributed by atoms with Gasteiger partial charge in [0.1, 0.15) is 17.3 Å². The van der Waals surface area contributed by atoms with Crippen molar-refractivity contribution >= 4 is 17.8 Å². The number of nitriles is 1. The zero-order chi connectivity index (χ0) is 23.3. The Labute approximate surface area is 184 Å². The van der Waals surface area contributed by atoms with Crippen LogP contribution in [0.1, 0.15) is 34.3 Å². The van der Waals surface area contributed by atoms with Gasteiger partial charge in [-0.05, 0) is 24.1 Å². The molecule has 0 saturated carbocycles. The molecule has 1 aliphatic rings. The molecule has 1 fully saturated rings. The summed E-state index contributed by atoms with van der Waals surface area (Å²) in [5, 5.41) is 15.9. The lowest BCUT2D eigenvalue weighted by atomic mass is 9.83. The van der Waals surface area contributed by atoms with Gasteiger partial charge in [0.05, 0.1) is 19.6 Å². The number of anilines is 1. The molecule has 0 aliphatic carbocycles. The minimum atomic E-state index is -1.47. The number of nitrogens with zero attached hydrogens (tertiary/aromatic N) is 4. The van der Waals surface area contributed by atoms with E-state index in [-0.39, 0.29) is 30.8 Å². The average molecular weight is 438 g/mol. The number of methoxy groups -OCH3 is 1. The van der Waals surface area contributed by atoms with Crippen LogP contribution >= 0.6 is 0 Å². The first kappa shape index (κ1) is 22.8. The number of hydrogen-bond donors (Lipinski definition) is 2.